The zero-order chi connectivity index (χ0) is 15.1. The monoisotopic (exact) mass is 291 g/mol. The van der Waals surface area contributed by atoms with E-state index in [2.05, 4.69) is 15.6 Å². The Morgan fingerprint density at radius 2 is 1.90 bits per heavy atom. The molecule has 1 saturated carbocycles. The number of hydrogen-bond donors (Lipinski definition) is 2. The minimum Gasteiger partial charge on any atom is -0.497 e. The van der Waals surface area contributed by atoms with Gasteiger partial charge in [0.25, 0.3) is 0 Å². The van der Waals surface area contributed by atoms with Gasteiger partial charge in [0.1, 0.15) is 17.6 Å². The second-order valence-electron chi connectivity index (χ2n) is 5.38. The third kappa shape index (κ3) is 5.53. The summed E-state index contributed by atoms with van der Waals surface area (Å²) < 4.78 is 11.0. The Bertz CT molecular complexity index is 455. The van der Waals surface area contributed by atoms with E-state index in [0.717, 1.165) is 29.9 Å². The molecule has 2 N–H and O–H groups in total. The van der Waals surface area contributed by atoms with Crippen molar-refractivity contribution in [1.29, 1.82) is 0 Å². The van der Waals surface area contributed by atoms with E-state index in [1.807, 2.05) is 31.2 Å². The van der Waals surface area contributed by atoms with E-state index in [0.29, 0.717) is 6.54 Å². The van der Waals surface area contributed by atoms with Crippen molar-refractivity contribution >= 4 is 5.96 Å². The van der Waals surface area contributed by atoms with Gasteiger partial charge in [-0.25, -0.2) is 0 Å². The first-order valence-corrected chi connectivity index (χ1v) is 7.46. The molecule has 0 radical (unpaired) electrons. The highest BCUT2D eigenvalue weighted by Gasteiger charge is 2.21. The molecule has 0 bridgehead atoms. The second-order valence-corrected chi connectivity index (χ2v) is 5.38. The van der Waals surface area contributed by atoms with Crippen LogP contribution in [0.5, 0.6) is 11.5 Å². The number of benzene rings is 1. The molecule has 0 aliphatic heterocycles. The Kier molecular flexibility index (Phi) is 5.72. The molecule has 21 heavy (non-hydrogen) atoms. The molecular weight excluding hydrogens is 266 g/mol. The smallest absolute Gasteiger partial charge is 0.191 e. The van der Waals surface area contributed by atoms with Crippen LogP contribution in [0.4, 0.5) is 0 Å². The van der Waals surface area contributed by atoms with Crippen molar-refractivity contribution in [2.75, 3.05) is 27.2 Å². The fraction of sp³-hybridized carbons (Fsp3) is 0.562. The maximum absolute atomic E-state index is 5.85. The van der Waals surface area contributed by atoms with E-state index < -0.39 is 0 Å². The molecule has 0 aromatic heterocycles. The van der Waals surface area contributed by atoms with E-state index in [4.69, 9.17) is 9.47 Å². The van der Waals surface area contributed by atoms with Crippen LogP contribution in [0.15, 0.2) is 29.3 Å². The third-order valence-corrected chi connectivity index (χ3v) is 3.43. The fourth-order valence-electron chi connectivity index (χ4n) is 1.95. The van der Waals surface area contributed by atoms with Gasteiger partial charge in [0, 0.05) is 13.6 Å². The number of hydrogen-bond acceptors (Lipinski definition) is 3. The van der Waals surface area contributed by atoms with Crippen molar-refractivity contribution in [3.05, 3.63) is 24.3 Å². The molecule has 1 aromatic carbocycles. The van der Waals surface area contributed by atoms with Crippen LogP contribution >= 0.6 is 0 Å². The Morgan fingerprint density at radius 1 is 1.24 bits per heavy atom. The minimum absolute atomic E-state index is 0.0536. The van der Waals surface area contributed by atoms with Crippen LogP contribution in [0.25, 0.3) is 0 Å². The fourth-order valence-corrected chi connectivity index (χ4v) is 1.95. The lowest BCUT2D eigenvalue weighted by Gasteiger charge is -2.17. The highest BCUT2D eigenvalue weighted by Crippen LogP contribution is 2.27. The molecule has 0 spiro atoms. The van der Waals surface area contributed by atoms with E-state index in [-0.39, 0.29) is 6.10 Å². The number of ether oxygens (including phenoxy) is 2. The van der Waals surface area contributed by atoms with Crippen LogP contribution in [-0.4, -0.2) is 39.3 Å². The highest BCUT2D eigenvalue weighted by molar-refractivity contribution is 5.79. The number of aliphatic imine (C=N–C) groups is 1. The summed E-state index contributed by atoms with van der Waals surface area (Å²) in [5, 5.41) is 6.62. The average molecular weight is 291 g/mol. The zero-order valence-electron chi connectivity index (χ0n) is 13.1. The highest BCUT2D eigenvalue weighted by atomic mass is 16.5. The summed E-state index contributed by atoms with van der Waals surface area (Å²) in [4.78, 5) is 4.21. The summed E-state index contributed by atoms with van der Waals surface area (Å²) in [6, 6.07) is 7.61. The molecule has 1 atom stereocenters. The van der Waals surface area contributed by atoms with Gasteiger partial charge in [0.05, 0.1) is 13.7 Å². The number of guanidine groups is 1. The summed E-state index contributed by atoms with van der Waals surface area (Å²) in [6.45, 7) is 3.75. The third-order valence-electron chi connectivity index (χ3n) is 3.43. The van der Waals surface area contributed by atoms with Crippen LogP contribution in [0.1, 0.15) is 19.8 Å². The maximum Gasteiger partial charge on any atom is 0.191 e. The molecular formula is C16H25N3O2. The molecule has 2 rings (SSSR count). The molecule has 1 fully saturated rings. The lowest BCUT2D eigenvalue weighted by atomic mass is 10.3. The summed E-state index contributed by atoms with van der Waals surface area (Å²) >= 11 is 0. The van der Waals surface area contributed by atoms with Gasteiger partial charge >= 0.3 is 0 Å². The first-order chi connectivity index (χ1) is 10.2. The molecule has 5 nitrogen and oxygen atoms in total. The first-order valence-electron chi connectivity index (χ1n) is 7.46. The van der Waals surface area contributed by atoms with Gasteiger partial charge in [-0.3, -0.25) is 4.99 Å². The van der Waals surface area contributed by atoms with E-state index in [9.17, 15) is 0 Å². The molecule has 0 heterocycles. The molecule has 1 aliphatic carbocycles. The lowest BCUT2D eigenvalue weighted by Crippen LogP contribution is -2.42. The van der Waals surface area contributed by atoms with Crippen LogP contribution in [0.2, 0.25) is 0 Å². The predicted molar refractivity (Wildman–Crippen MR) is 85.2 cm³/mol. The maximum atomic E-state index is 5.85. The van der Waals surface area contributed by atoms with Crippen molar-refractivity contribution < 1.29 is 9.47 Å². The van der Waals surface area contributed by atoms with Gasteiger partial charge in [0.2, 0.25) is 0 Å². The first kappa shape index (κ1) is 15.5. The van der Waals surface area contributed by atoms with Crippen LogP contribution in [0, 0.1) is 5.92 Å². The van der Waals surface area contributed by atoms with Crippen LogP contribution in [-0.2, 0) is 0 Å². The Hall–Kier alpha value is -1.91. The molecule has 0 amide bonds. The van der Waals surface area contributed by atoms with Crippen molar-refractivity contribution in [3.8, 4) is 11.5 Å². The molecule has 1 aromatic rings. The van der Waals surface area contributed by atoms with E-state index in [1.54, 1.807) is 14.2 Å². The SMILES string of the molecule is CN=C(NCC1CC1)NCC(C)Oc1ccc(OC)cc1. The average Bonchev–Trinajstić information content (AvgIpc) is 3.32. The Morgan fingerprint density at radius 3 is 2.48 bits per heavy atom. The van der Waals surface area contributed by atoms with Gasteiger partial charge in [0.15, 0.2) is 5.96 Å². The van der Waals surface area contributed by atoms with Gasteiger partial charge in [-0.1, -0.05) is 0 Å². The van der Waals surface area contributed by atoms with Gasteiger partial charge < -0.3 is 20.1 Å². The van der Waals surface area contributed by atoms with E-state index in [1.165, 1.54) is 12.8 Å². The Labute approximate surface area is 126 Å². The Balaban J connectivity index is 1.70. The standard InChI is InChI=1S/C16H25N3O2/c1-12(21-15-8-6-14(20-3)7-9-15)10-18-16(17-2)19-11-13-4-5-13/h6-9,12-13H,4-5,10-11H2,1-3H3,(H2,17,18,19). The largest absolute Gasteiger partial charge is 0.497 e. The molecule has 1 unspecified atom stereocenters. The summed E-state index contributed by atoms with van der Waals surface area (Å²) in [7, 11) is 3.44. The minimum atomic E-state index is 0.0536. The summed E-state index contributed by atoms with van der Waals surface area (Å²) in [6.07, 6.45) is 2.72. The number of nitrogens with zero attached hydrogens (tertiary/aromatic N) is 1. The predicted octanol–water partition coefficient (Wildman–Crippen LogP) is 2.04. The van der Waals surface area contributed by atoms with Gasteiger partial charge in [-0.15, -0.1) is 0 Å². The van der Waals surface area contributed by atoms with Crippen molar-refractivity contribution in [1.82, 2.24) is 10.6 Å². The quantitative estimate of drug-likeness (QED) is 0.596. The number of rotatable bonds is 7. The van der Waals surface area contributed by atoms with E-state index >= 15 is 0 Å². The van der Waals surface area contributed by atoms with Gasteiger partial charge in [-0.2, -0.15) is 0 Å². The molecule has 5 heteroatoms. The van der Waals surface area contributed by atoms with Crippen molar-refractivity contribution in [2.24, 2.45) is 10.9 Å². The van der Waals surface area contributed by atoms with Crippen LogP contribution < -0.4 is 20.1 Å². The van der Waals surface area contributed by atoms with Crippen molar-refractivity contribution in [2.45, 2.75) is 25.9 Å². The zero-order valence-corrected chi connectivity index (χ0v) is 13.1. The topological polar surface area (TPSA) is 54.9 Å². The van der Waals surface area contributed by atoms with Crippen LogP contribution in [0.3, 0.4) is 0 Å². The molecule has 116 valence electrons. The summed E-state index contributed by atoms with van der Waals surface area (Å²) in [5.74, 6) is 3.34. The molecule has 1 aliphatic rings. The lowest BCUT2D eigenvalue weighted by molar-refractivity contribution is 0.223. The van der Waals surface area contributed by atoms with Gasteiger partial charge in [-0.05, 0) is 49.9 Å². The molecule has 0 saturated heterocycles. The summed E-state index contributed by atoms with van der Waals surface area (Å²) in [5.41, 5.74) is 0. The van der Waals surface area contributed by atoms with Crippen molar-refractivity contribution in [3.63, 3.8) is 0 Å². The number of methoxy groups -OCH3 is 1. The number of nitrogens with one attached hydrogen (secondary N) is 2. The second kappa shape index (κ2) is 7.76. The normalized spacial score (nSPS) is 16.2.